The van der Waals surface area contributed by atoms with Gasteiger partial charge in [-0.15, -0.1) is 0 Å². The molecule has 2 nitrogen and oxygen atoms in total. The van der Waals surface area contributed by atoms with Gasteiger partial charge in [0.25, 0.3) is 0 Å². The molecular formula is C17H27NO. The van der Waals surface area contributed by atoms with Crippen LogP contribution in [0.2, 0.25) is 0 Å². The fourth-order valence-corrected chi connectivity index (χ4v) is 3.77. The summed E-state index contributed by atoms with van der Waals surface area (Å²) in [6.45, 7) is 11.6. The normalized spacial score (nSPS) is 28.0. The van der Waals surface area contributed by atoms with Crippen LogP contribution >= 0.6 is 0 Å². The Hall–Kier alpha value is -0.860. The van der Waals surface area contributed by atoms with Gasteiger partial charge >= 0.3 is 0 Å². The van der Waals surface area contributed by atoms with E-state index in [1.54, 1.807) is 5.56 Å². The van der Waals surface area contributed by atoms with Gasteiger partial charge in [0, 0.05) is 31.5 Å². The molecule has 0 radical (unpaired) electrons. The highest BCUT2D eigenvalue weighted by Crippen LogP contribution is 2.56. The van der Waals surface area contributed by atoms with E-state index in [0.29, 0.717) is 5.92 Å². The molecule has 1 aliphatic carbocycles. The minimum atomic E-state index is 0.275. The SMILES string of the molecule is CC.COCC12CN(C)CC1c1cc(C)c(C)cc12. The highest BCUT2D eigenvalue weighted by atomic mass is 16.5. The van der Waals surface area contributed by atoms with E-state index in [2.05, 4.69) is 37.9 Å². The average molecular weight is 261 g/mol. The first-order valence-corrected chi connectivity index (χ1v) is 7.37. The second-order valence-corrected chi connectivity index (χ2v) is 5.86. The van der Waals surface area contributed by atoms with Crippen molar-refractivity contribution in [3.8, 4) is 0 Å². The second kappa shape index (κ2) is 5.26. The van der Waals surface area contributed by atoms with Crippen molar-refractivity contribution in [1.29, 1.82) is 0 Å². The van der Waals surface area contributed by atoms with Gasteiger partial charge in [-0.25, -0.2) is 0 Å². The maximum absolute atomic E-state index is 5.50. The highest BCUT2D eigenvalue weighted by molar-refractivity contribution is 5.56. The Morgan fingerprint density at radius 2 is 1.89 bits per heavy atom. The lowest BCUT2D eigenvalue weighted by molar-refractivity contribution is 0.111. The van der Waals surface area contributed by atoms with Crippen molar-refractivity contribution in [2.45, 2.75) is 39.0 Å². The van der Waals surface area contributed by atoms with Crippen LogP contribution in [0.5, 0.6) is 0 Å². The number of ether oxygens (including phenoxy) is 1. The summed E-state index contributed by atoms with van der Waals surface area (Å²) in [6, 6.07) is 4.78. The summed E-state index contributed by atoms with van der Waals surface area (Å²) >= 11 is 0. The molecule has 3 rings (SSSR count). The van der Waals surface area contributed by atoms with Crippen LogP contribution < -0.4 is 0 Å². The number of fused-ring (bicyclic) bond motifs is 4. The van der Waals surface area contributed by atoms with Crippen LogP contribution in [0.3, 0.4) is 0 Å². The zero-order valence-corrected chi connectivity index (χ0v) is 13.2. The number of benzene rings is 1. The highest BCUT2D eigenvalue weighted by Gasteiger charge is 2.56. The minimum absolute atomic E-state index is 0.275. The Kier molecular flexibility index (Phi) is 4.03. The standard InChI is InChI=1S/C15H21NO.C2H6/c1-10-5-12-13(6-11(10)2)15(9-17-4)8-16(3)7-14(12)15;1-2/h5-6,14H,7-9H2,1-4H3;1-2H3. The first-order valence-electron chi connectivity index (χ1n) is 7.37. The van der Waals surface area contributed by atoms with E-state index in [9.17, 15) is 0 Å². The number of nitrogens with zero attached hydrogens (tertiary/aromatic N) is 1. The maximum atomic E-state index is 5.50. The lowest BCUT2D eigenvalue weighted by Gasteiger charge is -2.46. The van der Waals surface area contributed by atoms with E-state index in [1.165, 1.54) is 23.2 Å². The molecule has 0 aromatic heterocycles. The number of likely N-dealkylation sites (N-methyl/N-ethyl adjacent to an activating group) is 1. The fraction of sp³-hybridized carbons (Fsp3) is 0.647. The maximum Gasteiger partial charge on any atom is 0.0578 e. The van der Waals surface area contributed by atoms with Gasteiger partial charge < -0.3 is 9.64 Å². The molecule has 0 bridgehead atoms. The topological polar surface area (TPSA) is 12.5 Å². The van der Waals surface area contributed by atoms with E-state index >= 15 is 0 Å². The molecule has 106 valence electrons. The second-order valence-electron chi connectivity index (χ2n) is 5.86. The van der Waals surface area contributed by atoms with Crippen LogP contribution in [-0.2, 0) is 10.2 Å². The fourth-order valence-electron chi connectivity index (χ4n) is 3.77. The van der Waals surface area contributed by atoms with Gasteiger partial charge in [-0.3, -0.25) is 0 Å². The lowest BCUT2D eigenvalue weighted by atomic mass is 9.57. The van der Waals surface area contributed by atoms with Crippen LogP contribution in [0.15, 0.2) is 12.1 Å². The minimum Gasteiger partial charge on any atom is -0.384 e. The van der Waals surface area contributed by atoms with Gasteiger partial charge in [0.1, 0.15) is 0 Å². The van der Waals surface area contributed by atoms with Crippen molar-refractivity contribution in [1.82, 2.24) is 4.90 Å². The van der Waals surface area contributed by atoms with Crippen LogP contribution in [0.25, 0.3) is 0 Å². The number of hydrogen-bond donors (Lipinski definition) is 0. The number of rotatable bonds is 2. The largest absolute Gasteiger partial charge is 0.384 e. The van der Waals surface area contributed by atoms with Gasteiger partial charge in [0.15, 0.2) is 0 Å². The van der Waals surface area contributed by atoms with Gasteiger partial charge in [-0.1, -0.05) is 26.0 Å². The summed E-state index contributed by atoms with van der Waals surface area (Å²) in [5.41, 5.74) is 6.21. The van der Waals surface area contributed by atoms with Crippen LogP contribution in [0.1, 0.15) is 42.0 Å². The molecule has 1 aromatic carbocycles. The molecule has 0 saturated carbocycles. The lowest BCUT2D eigenvalue weighted by Crippen LogP contribution is -2.47. The monoisotopic (exact) mass is 261 g/mol. The molecule has 2 atom stereocenters. The van der Waals surface area contributed by atoms with Crippen LogP contribution in [0.4, 0.5) is 0 Å². The quantitative estimate of drug-likeness (QED) is 0.810. The number of hydrogen-bond acceptors (Lipinski definition) is 2. The van der Waals surface area contributed by atoms with Gasteiger partial charge in [0.05, 0.1) is 6.61 Å². The summed E-state index contributed by atoms with van der Waals surface area (Å²) in [4.78, 5) is 2.44. The zero-order valence-electron chi connectivity index (χ0n) is 13.2. The van der Waals surface area contributed by atoms with Crippen LogP contribution in [-0.4, -0.2) is 38.8 Å². The number of aryl methyl sites for hydroxylation is 2. The summed E-state index contributed by atoms with van der Waals surface area (Å²) in [5, 5.41) is 0. The molecule has 1 heterocycles. The van der Waals surface area contributed by atoms with Crippen molar-refractivity contribution < 1.29 is 4.74 Å². The first kappa shape index (κ1) is 14.5. The Morgan fingerprint density at radius 1 is 1.26 bits per heavy atom. The molecule has 2 heteroatoms. The average Bonchev–Trinajstić information content (AvgIpc) is 2.69. The zero-order chi connectivity index (χ0) is 14.2. The molecule has 1 saturated heterocycles. The van der Waals surface area contributed by atoms with Crippen molar-refractivity contribution in [3.63, 3.8) is 0 Å². The molecule has 1 fully saturated rings. The molecule has 1 aromatic rings. The first-order chi connectivity index (χ1) is 9.08. The molecule has 2 aliphatic rings. The van der Waals surface area contributed by atoms with E-state index in [-0.39, 0.29) is 5.41 Å². The summed E-state index contributed by atoms with van der Waals surface area (Å²) in [7, 11) is 4.04. The van der Waals surface area contributed by atoms with Gasteiger partial charge in [0.2, 0.25) is 0 Å². The summed E-state index contributed by atoms with van der Waals surface area (Å²) in [6.07, 6.45) is 0. The van der Waals surface area contributed by atoms with Crippen molar-refractivity contribution in [3.05, 3.63) is 34.4 Å². The Bertz CT molecular complexity index is 469. The van der Waals surface area contributed by atoms with Crippen molar-refractivity contribution in [2.75, 3.05) is 33.9 Å². The molecular weight excluding hydrogens is 234 g/mol. The molecule has 2 unspecified atom stereocenters. The number of likely N-dealkylation sites (tertiary alicyclic amines) is 1. The summed E-state index contributed by atoms with van der Waals surface area (Å²) < 4.78 is 5.50. The van der Waals surface area contributed by atoms with E-state index < -0.39 is 0 Å². The third-order valence-electron chi connectivity index (χ3n) is 4.69. The predicted octanol–water partition coefficient (Wildman–Crippen LogP) is 3.26. The third kappa shape index (κ3) is 2.02. The van der Waals surface area contributed by atoms with Gasteiger partial charge in [-0.2, -0.15) is 0 Å². The van der Waals surface area contributed by atoms with Crippen molar-refractivity contribution >= 4 is 0 Å². The smallest absolute Gasteiger partial charge is 0.0578 e. The third-order valence-corrected chi connectivity index (χ3v) is 4.69. The molecule has 0 N–H and O–H groups in total. The Morgan fingerprint density at radius 3 is 2.53 bits per heavy atom. The van der Waals surface area contributed by atoms with Crippen molar-refractivity contribution in [2.24, 2.45) is 0 Å². The van der Waals surface area contributed by atoms with Gasteiger partial charge in [-0.05, 0) is 43.1 Å². The Labute approximate surface area is 117 Å². The van der Waals surface area contributed by atoms with E-state index in [4.69, 9.17) is 4.74 Å². The molecule has 19 heavy (non-hydrogen) atoms. The van der Waals surface area contributed by atoms with E-state index in [0.717, 1.165) is 13.2 Å². The Balaban J connectivity index is 0.000000637. The summed E-state index contributed by atoms with van der Waals surface area (Å²) in [5.74, 6) is 0.682. The molecule has 1 aliphatic heterocycles. The van der Waals surface area contributed by atoms with Crippen LogP contribution in [0, 0.1) is 13.8 Å². The molecule has 0 spiro atoms. The van der Waals surface area contributed by atoms with E-state index in [1.807, 2.05) is 21.0 Å². The molecule has 0 amide bonds. The number of methoxy groups -OCH3 is 1. The predicted molar refractivity (Wildman–Crippen MR) is 81.1 cm³/mol.